The molecule has 0 radical (unpaired) electrons. The summed E-state index contributed by atoms with van der Waals surface area (Å²) in [4.78, 5) is 24.7. The summed E-state index contributed by atoms with van der Waals surface area (Å²) < 4.78 is 5.58. The number of carbonyl (C=O) groups is 1. The summed E-state index contributed by atoms with van der Waals surface area (Å²) in [7, 11) is 0. The molecule has 2 aromatic carbocycles. The molecule has 4 aromatic rings. The molecule has 0 aliphatic carbocycles. The second-order valence-electron chi connectivity index (χ2n) is 8.84. The van der Waals surface area contributed by atoms with E-state index in [1.807, 2.05) is 18.3 Å². The van der Waals surface area contributed by atoms with Gasteiger partial charge < -0.3 is 19.5 Å². The summed E-state index contributed by atoms with van der Waals surface area (Å²) in [6, 6.07) is 22.2. The van der Waals surface area contributed by atoms with Crippen molar-refractivity contribution in [2.45, 2.75) is 25.8 Å². The van der Waals surface area contributed by atoms with Crippen molar-refractivity contribution in [2.75, 3.05) is 26.2 Å². The van der Waals surface area contributed by atoms with Crippen molar-refractivity contribution < 1.29 is 9.53 Å². The molecule has 0 spiro atoms. The van der Waals surface area contributed by atoms with Gasteiger partial charge in [0.2, 0.25) is 5.88 Å². The zero-order valence-electron chi connectivity index (χ0n) is 19.3. The van der Waals surface area contributed by atoms with Crippen LogP contribution in [0, 0.1) is 0 Å². The first-order chi connectivity index (χ1) is 16.7. The minimum atomic E-state index is -0.362. The van der Waals surface area contributed by atoms with Crippen molar-refractivity contribution >= 4 is 17.0 Å². The fraction of sp³-hybridized carbons (Fsp3) is 0.286. The quantitative estimate of drug-likeness (QED) is 0.370. The molecule has 1 N–H and O–H groups in total. The van der Waals surface area contributed by atoms with Gasteiger partial charge in [-0.25, -0.2) is 9.78 Å². The summed E-state index contributed by atoms with van der Waals surface area (Å²) in [5.74, 6) is 0.325. The topological polar surface area (TPSA) is 61.5 Å². The maximum absolute atomic E-state index is 13.1. The van der Waals surface area contributed by atoms with Crippen molar-refractivity contribution in [1.82, 2.24) is 19.8 Å². The summed E-state index contributed by atoms with van der Waals surface area (Å²) in [6.07, 6.45) is 6.68. The van der Waals surface area contributed by atoms with E-state index < -0.39 is 0 Å². The average molecular weight is 455 g/mol. The molecular weight excluding hydrogens is 424 g/mol. The lowest BCUT2D eigenvalue weighted by Gasteiger charge is -2.23. The number of amides is 1. The lowest BCUT2D eigenvalue weighted by molar-refractivity contribution is 0.144. The van der Waals surface area contributed by atoms with Crippen molar-refractivity contribution in [1.29, 1.82) is 0 Å². The van der Waals surface area contributed by atoms with Gasteiger partial charge in [0, 0.05) is 37.1 Å². The number of nitrogens with zero attached hydrogens (tertiary/aromatic N) is 3. The highest BCUT2D eigenvalue weighted by molar-refractivity contribution is 5.85. The zero-order chi connectivity index (χ0) is 23.2. The number of carbonyl (C=O) groups excluding carboxylic acids is 1. The van der Waals surface area contributed by atoms with E-state index in [2.05, 4.69) is 63.4 Å². The summed E-state index contributed by atoms with van der Waals surface area (Å²) in [5.41, 5.74) is 4.49. The molecule has 1 amide bonds. The second kappa shape index (κ2) is 10.5. The van der Waals surface area contributed by atoms with Gasteiger partial charge in [-0.3, -0.25) is 0 Å². The van der Waals surface area contributed by atoms with Crippen LogP contribution >= 0.6 is 0 Å². The Morgan fingerprint density at radius 2 is 1.88 bits per heavy atom. The van der Waals surface area contributed by atoms with Crippen LogP contribution in [0.4, 0.5) is 4.79 Å². The van der Waals surface area contributed by atoms with Gasteiger partial charge in [-0.05, 0) is 91.3 Å². The van der Waals surface area contributed by atoms with E-state index in [-0.39, 0.29) is 6.09 Å². The highest BCUT2D eigenvalue weighted by atomic mass is 16.6. The molecule has 34 heavy (non-hydrogen) atoms. The second-order valence-corrected chi connectivity index (χ2v) is 8.84. The van der Waals surface area contributed by atoms with Crippen LogP contribution in [0.1, 0.15) is 24.8 Å². The molecule has 1 aliphatic heterocycles. The van der Waals surface area contributed by atoms with Crippen LogP contribution in [-0.2, 0) is 6.54 Å². The van der Waals surface area contributed by atoms with Gasteiger partial charge in [-0.15, -0.1) is 0 Å². The minimum absolute atomic E-state index is 0.325. The molecule has 1 saturated heterocycles. The number of ether oxygens (including phenoxy) is 1. The standard InChI is InChI=1S/C28H30N4O2/c33-28(34-27-9-1-2-13-30-27)32(18-6-17-31-15-3-4-16-31)21-22-7-5-8-23(19-22)24-10-11-26-25(20-24)12-14-29-26/h1-2,5,7-14,19-20,29H,3-4,6,15-18,21H2. The number of pyridine rings is 1. The van der Waals surface area contributed by atoms with Crippen molar-refractivity contribution in [3.63, 3.8) is 0 Å². The molecule has 6 heteroatoms. The van der Waals surface area contributed by atoms with E-state index in [1.165, 1.54) is 18.2 Å². The Bertz CT molecular complexity index is 1230. The molecule has 1 fully saturated rings. The number of hydrogen-bond donors (Lipinski definition) is 1. The molecule has 174 valence electrons. The Morgan fingerprint density at radius 3 is 2.74 bits per heavy atom. The van der Waals surface area contributed by atoms with Gasteiger partial charge in [0.05, 0.1) is 0 Å². The molecule has 0 saturated carbocycles. The van der Waals surface area contributed by atoms with Crippen LogP contribution in [0.5, 0.6) is 5.88 Å². The van der Waals surface area contributed by atoms with E-state index in [9.17, 15) is 4.79 Å². The zero-order valence-corrected chi connectivity index (χ0v) is 19.3. The smallest absolute Gasteiger partial charge is 0.391 e. The van der Waals surface area contributed by atoms with Gasteiger partial charge >= 0.3 is 6.09 Å². The predicted octanol–water partition coefficient (Wildman–Crippen LogP) is 5.72. The minimum Gasteiger partial charge on any atom is -0.391 e. The highest BCUT2D eigenvalue weighted by Gasteiger charge is 2.19. The van der Waals surface area contributed by atoms with E-state index in [0.29, 0.717) is 19.0 Å². The van der Waals surface area contributed by atoms with Gasteiger partial charge in [0.25, 0.3) is 0 Å². The maximum Gasteiger partial charge on any atom is 0.416 e. The average Bonchev–Trinajstić information content (AvgIpc) is 3.56. The van der Waals surface area contributed by atoms with Crippen LogP contribution in [-0.4, -0.2) is 52.0 Å². The van der Waals surface area contributed by atoms with Gasteiger partial charge in [0.15, 0.2) is 0 Å². The molecule has 2 aromatic heterocycles. The number of benzene rings is 2. The molecule has 5 rings (SSSR count). The Kier molecular flexibility index (Phi) is 6.86. The molecule has 1 aliphatic rings. The summed E-state index contributed by atoms with van der Waals surface area (Å²) >= 11 is 0. The van der Waals surface area contributed by atoms with E-state index in [4.69, 9.17) is 4.74 Å². The van der Waals surface area contributed by atoms with Crippen LogP contribution in [0.3, 0.4) is 0 Å². The summed E-state index contributed by atoms with van der Waals surface area (Å²) in [6.45, 7) is 4.45. The largest absolute Gasteiger partial charge is 0.416 e. The highest BCUT2D eigenvalue weighted by Crippen LogP contribution is 2.25. The number of hydrogen-bond acceptors (Lipinski definition) is 4. The number of fused-ring (bicyclic) bond motifs is 1. The molecule has 0 unspecified atom stereocenters. The van der Waals surface area contributed by atoms with E-state index in [0.717, 1.165) is 48.3 Å². The number of aromatic amines is 1. The molecule has 6 nitrogen and oxygen atoms in total. The lowest BCUT2D eigenvalue weighted by Crippen LogP contribution is -2.35. The number of likely N-dealkylation sites (tertiary alicyclic amines) is 1. The predicted molar refractivity (Wildman–Crippen MR) is 135 cm³/mol. The van der Waals surface area contributed by atoms with E-state index in [1.54, 1.807) is 17.2 Å². The van der Waals surface area contributed by atoms with Crippen LogP contribution < -0.4 is 4.74 Å². The molecule has 0 atom stereocenters. The first kappa shape index (κ1) is 22.2. The normalized spacial score (nSPS) is 13.9. The van der Waals surface area contributed by atoms with Gasteiger partial charge in [-0.1, -0.05) is 30.3 Å². The van der Waals surface area contributed by atoms with Gasteiger partial charge in [-0.2, -0.15) is 0 Å². The van der Waals surface area contributed by atoms with E-state index >= 15 is 0 Å². The Hall–Kier alpha value is -3.64. The number of rotatable bonds is 8. The Labute approximate surface area is 200 Å². The molecular formula is C28H30N4O2. The fourth-order valence-corrected chi connectivity index (χ4v) is 4.59. The number of H-pyrrole nitrogens is 1. The number of nitrogens with one attached hydrogen (secondary N) is 1. The third-order valence-corrected chi connectivity index (χ3v) is 6.38. The first-order valence-electron chi connectivity index (χ1n) is 12.0. The monoisotopic (exact) mass is 454 g/mol. The maximum atomic E-state index is 13.1. The molecule has 0 bridgehead atoms. The third kappa shape index (κ3) is 5.46. The summed E-state index contributed by atoms with van der Waals surface area (Å²) in [5, 5.41) is 1.19. The van der Waals surface area contributed by atoms with Crippen LogP contribution in [0.2, 0.25) is 0 Å². The fourth-order valence-electron chi connectivity index (χ4n) is 4.59. The molecule has 3 heterocycles. The van der Waals surface area contributed by atoms with Crippen molar-refractivity contribution in [2.24, 2.45) is 0 Å². The van der Waals surface area contributed by atoms with Crippen molar-refractivity contribution in [3.8, 4) is 17.0 Å². The first-order valence-corrected chi connectivity index (χ1v) is 12.0. The van der Waals surface area contributed by atoms with Gasteiger partial charge in [0.1, 0.15) is 0 Å². The van der Waals surface area contributed by atoms with Crippen LogP contribution in [0.15, 0.2) is 79.1 Å². The Balaban J connectivity index is 1.31. The Morgan fingerprint density at radius 1 is 1.00 bits per heavy atom. The lowest BCUT2D eigenvalue weighted by atomic mass is 10.0. The van der Waals surface area contributed by atoms with Crippen molar-refractivity contribution in [3.05, 3.63) is 84.7 Å². The number of aromatic nitrogens is 2. The SMILES string of the molecule is O=C(Oc1ccccn1)N(CCCN1CCCC1)Cc1cccc(-c2ccc3[nH]ccc3c2)c1. The van der Waals surface area contributed by atoms with Crippen LogP contribution in [0.25, 0.3) is 22.0 Å². The third-order valence-electron chi connectivity index (χ3n) is 6.38.